The highest BCUT2D eigenvalue weighted by Gasteiger charge is 2.30. The Kier molecular flexibility index (Phi) is 4.96. The average molecular weight is 317 g/mol. The molecule has 2 rings (SSSR count). The number of nitrogens with zero attached hydrogens (tertiary/aromatic N) is 2. The molecule has 1 aromatic heterocycles. The predicted molar refractivity (Wildman–Crippen MR) is 73.1 cm³/mol. The molecular weight excluding hydrogens is 298 g/mol. The lowest BCUT2D eigenvalue weighted by Gasteiger charge is -2.29. The first-order valence-corrected chi connectivity index (χ1v) is 8.17. The van der Waals surface area contributed by atoms with E-state index in [1.165, 1.54) is 17.1 Å². The third-order valence-electron chi connectivity index (χ3n) is 3.53. The topological polar surface area (TPSA) is 111 Å². The van der Waals surface area contributed by atoms with Crippen LogP contribution in [0, 0.1) is 5.92 Å². The van der Waals surface area contributed by atoms with Crippen molar-refractivity contribution in [2.75, 3.05) is 13.2 Å². The van der Waals surface area contributed by atoms with E-state index in [2.05, 4.69) is 9.82 Å². The molecule has 8 nitrogen and oxygen atoms in total. The zero-order chi connectivity index (χ0) is 15.5. The molecule has 118 valence electrons. The number of aryl methyl sites for hydroxylation is 1. The van der Waals surface area contributed by atoms with E-state index in [1.807, 2.05) is 0 Å². The highest BCUT2D eigenvalue weighted by atomic mass is 32.2. The van der Waals surface area contributed by atoms with Gasteiger partial charge >= 0.3 is 5.97 Å². The van der Waals surface area contributed by atoms with Crippen molar-refractivity contribution in [1.29, 1.82) is 0 Å². The van der Waals surface area contributed by atoms with Crippen molar-refractivity contribution in [1.82, 2.24) is 14.5 Å². The summed E-state index contributed by atoms with van der Waals surface area (Å²) in [5.41, 5.74) is 0. The largest absolute Gasteiger partial charge is 0.481 e. The SMILES string of the molecule is Cn1cc(S(=O)(=O)NC(CC(=O)O)C2CCOCC2)cn1. The lowest BCUT2D eigenvalue weighted by atomic mass is 9.90. The number of aromatic nitrogens is 2. The van der Waals surface area contributed by atoms with Gasteiger partial charge in [0.25, 0.3) is 0 Å². The van der Waals surface area contributed by atoms with E-state index in [9.17, 15) is 13.2 Å². The lowest BCUT2D eigenvalue weighted by Crippen LogP contribution is -2.43. The molecule has 0 aromatic carbocycles. The maximum atomic E-state index is 12.3. The van der Waals surface area contributed by atoms with Gasteiger partial charge in [-0.3, -0.25) is 9.48 Å². The van der Waals surface area contributed by atoms with Crippen molar-refractivity contribution in [3.05, 3.63) is 12.4 Å². The van der Waals surface area contributed by atoms with E-state index in [1.54, 1.807) is 7.05 Å². The first-order chi connectivity index (χ1) is 9.88. The second kappa shape index (κ2) is 6.54. The van der Waals surface area contributed by atoms with E-state index < -0.39 is 22.0 Å². The van der Waals surface area contributed by atoms with Gasteiger partial charge in [-0.15, -0.1) is 0 Å². The van der Waals surface area contributed by atoms with Gasteiger partial charge in [-0.2, -0.15) is 5.10 Å². The minimum atomic E-state index is -3.77. The molecule has 0 radical (unpaired) electrons. The van der Waals surface area contributed by atoms with Crippen LogP contribution in [0.1, 0.15) is 19.3 Å². The first-order valence-electron chi connectivity index (χ1n) is 6.69. The molecule has 1 aromatic rings. The molecule has 1 fully saturated rings. The molecule has 0 aliphatic carbocycles. The van der Waals surface area contributed by atoms with Gasteiger partial charge in [-0.1, -0.05) is 0 Å². The molecule has 0 spiro atoms. The standard InChI is InChI=1S/C12H19N3O5S/c1-15-8-10(7-13-15)21(18,19)14-11(6-12(16)17)9-2-4-20-5-3-9/h7-9,11,14H,2-6H2,1H3,(H,16,17). The fourth-order valence-electron chi connectivity index (χ4n) is 2.42. The molecule has 2 N–H and O–H groups in total. The molecule has 0 saturated carbocycles. The molecule has 1 saturated heterocycles. The predicted octanol–water partition coefficient (Wildman–Crippen LogP) is -0.0317. The zero-order valence-electron chi connectivity index (χ0n) is 11.7. The number of sulfonamides is 1. The van der Waals surface area contributed by atoms with E-state index in [4.69, 9.17) is 9.84 Å². The molecule has 2 heterocycles. The minimum absolute atomic E-state index is 0.0347. The Bertz CT molecular complexity index is 592. The summed E-state index contributed by atoms with van der Waals surface area (Å²) >= 11 is 0. The molecular formula is C12H19N3O5S. The van der Waals surface area contributed by atoms with E-state index >= 15 is 0 Å². The van der Waals surface area contributed by atoms with E-state index in [-0.39, 0.29) is 17.2 Å². The molecule has 1 atom stereocenters. The fraction of sp³-hybridized carbons (Fsp3) is 0.667. The quantitative estimate of drug-likeness (QED) is 0.762. The maximum Gasteiger partial charge on any atom is 0.304 e. The van der Waals surface area contributed by atoms with Crippen molar-refractivity contribution in [3.8, 4) is 0 Å². The van der Waals surface area contributed by atoms with E-state index in [0.717, 1.165) is 0 Å². The second-order valence-electron chi connectivity index (χ2n) is 5.13. The Morgan fingerprint density at radius 1 is 1.57 bits per heavy atom. The van der Waals surface area contributed by atoms with Crippen LogP contribution >= 0.6 is 0 Å². The average Bonchev–Trinajstić information content (AvgIpc) is 2.86. The molecule has 0 bridgehead atoms. The van der Waals surface area contributed by atoms with Crippen molar-refractivity contribution in [2.24, 2.45) is 13.0 Å². The Labute approximate surface area is 123 Å². The summed E-state index contributed by atoms with van der Waals surface area (Å²) in [6, 6.07) is -0.642. The second-order valence-corrected chi connectivity index (χ2v) is 6.84. The van der Waals surface area contributed by atoms with Crippen LogP contribution in [-0.4, -0.2) is 48.5 Å². The number of rotatable bonds is 6. The smallest absolute Gasteiger partial charge is 0.304 e. The van der Waals surface area contributed by atoms with Crippen LogP contribution in [0.15, 0.2) is 17.3 Å². The Morgan fingerprint density at radius 2 is 2.24 bits per heavy atom. The van der Waals surface area contributed by atoms with Crippen LogP contribution in [0.25, 0.3) is 0 Å². The van der Waals surface area contributed by atoms with Gasteiger partial charge in [0.1, 0.15) is 4.90 Å². The Morgan fingerprint density at radius 3 is 2.76 bits per heavy atom. The van der Waals surface area contributed by atoms with Crippen LogP contribution in [-0.2, 0) is 26.6 Å². The number of carboxylic acid groups (broad SMARTS) is 1. The summed E-state index contributed by atoms with van der Waals surface area (Å²) in [7, 11) is -2.15. The van der Waals surface area contributed by atoms with Crippen LogP contribution in [0.5, 0.6) is 0 Å². The van der Waals surface area contributed by atoms with Crippen LogP contribution in [0.4, 0.5) is 0 Å². The summed E-state index contributed by atoms with van der Waals surface area (Å²) in [6.45, 7) is 1.05. The highest BCUT2D eigenvalue weighted by molar-refractivity contribution is 7.89. The molecule has 0 amide bonds. The van der Waals surface area contributed by atoms with Gasteiger partial charge in [0.15, 0.2) is 0 Å². The third-order valence-corrected chi connectivity index (χ3v) is 4.97. The van der Waals surface area contributed by atoms with Gasteiger partial charge in [-0.25, -0.2) is 13.1 Å². The zero-order valence-corrected chi connectivity index (χ0v) is 12.5. The summed E-state index contributed by atoms with van der Waals surface area (Å²) in [5.74, 6) is -1.07. The lowest BCUT2D eigenvalue weighted by molar-refractivity contribution is -0.138. The number of carboxylic acids is 1. The third kappa shape index (κ3) is 4.26. The molecule has 9 heteroatoms. The molecule has 1 unspecified atom stereocenters. The molecule has 1 aliphatic rings. The fourth-order valence-corrected chi connectivity index (χ4v) is 3.70. The van der Waals surface area contributed by atoms with E-state index in [0.29, 0.717) is 26.1 Å². The summed E-state index contributed by atoms with van der Waals surface area (Å²) in [5, 5.41) is 12.8. The number of ether oxygens (including phenoxy) is 1. The first kappa shape index (κ1) is 15.9. The molecule has 1 aliphatic heterocycles. The number of hydrogen-bond acceptors (Lipinski definition) is 5. The van der Waals surface area contributed by atoms with Gasteiger partial charge in [0.05, 0.1) is 12.6 Å². The van der Waals surface area contributed by atoms with Gasteiger partial charge in [0.2, 0.25) is 10.0 Å². The number of aliphatic carboxylic acids is 1. The van der Waals surface area contributed by atoms with Crippen molar-refractivity contribution in [3.63, 3.8) is 0 Å². The minimum Gasteiger partial charge on any atom is -0.481 e. The Balaban J connectivity index is 2.15. The highest BCUT2D eigenvalue weighted by Crippen LogP contribution is 2.22. The van der Waals surface area contributed by atoms with Gasteiger partial charge in [0, 0.05) is 32.5 Å². The number of hydrogen-bond donors (Lipinski definition) is 2. The molecule has 21 heavy (non-hydrogen) atoms. The van der Waals surface area contributed by atoms with Crippen molar-refractivity contribution < 1.29 is 23.1 Å². The Hall–Kier alpha value is -1.45. The monoisotopic (exact) mass is 317 g/mol. The summed E-state index contributed by atoms with van der Waals surface area (Å²) in [4.78, 5) is 11.0. The van der Waals surface area contributed by atoms with Crippen molar-refractivity contribution in [2.45, 2.75) is 30.2 Å². The van der Waals surface area contributed by atoms with Crippen LogP contribution < -0.4 is 4.72 Å². The summed E-state index contributed by atoms with van der Waals surface area (Å²) in [6.07, 6.45) is 3.67. The number of nitrogens with one attached hydrogen (secondary N) is 1. The normalized spacial score (nSPS) is 18.5. The maximum absolute atomic E-state index is 12.3. The van der Waals surface area contributed by atoms with Crippen molar-refractivity contribution >= 4 is 16.0 Å². The van der Waals surface area contributed by atoms with Gasteiger partial charge < -0.3 is 9.84 Å². The summed E-state index contributed by atoms with van der Waals surface area (Å²) < 4.78 is 33.7. The number of carbonyl (C=O) groups is 1. The van der Waals surface area contributed by atoms with Gasteiger partial charge in [-0.05, 0) is 18.8 Å². The van der Waals surface area contributed by atoms with Crippen LogP contribution in [0.3, 0.4) is 0 Å². The van der Waals surface area contributed by atoms with Crippen LogP contribution in [0.2, 0.25) is 0 Å².